The molecule has 1 saturated carbocycles. The molecule has 2 amide bonds. The molecule has 0 aromatic heterocycles. The Morgan fingerprint density at radius 2 is 1.79 bits per heavy atom. The lowest BCUT2D eigenvalue weighted by molar-refractivity contribution is -0.142. The molecule has 0 heterocycles. The third-order valence-corrected chi connectivity index (χ3v) is 3.93. The van der Waals surface area contributed by atoms with Gasteiger partial charge in [-0.1, -0.05) is 12.8 Å². The Labute approximate surface area is 143 Å². The van der Waals surface area contributed by atoms with Crippen molar-refractivity contribution in [2.75, 3.05) is 6.54 Å². The molecule has 7 heteroatoms. The first-order chi connectivity index (χ1) is 11.2. The summed E-state index contributed by atoms with van der Waals surface area (Å²) in [4.78, 5) is 34.8. The summed E-state index contributed by atoms with van der Waals surface area (Å²) in [7, 11) is 0. The van der Waals surface area contributed by atoms with E-state index < -0.39 is 23.7 Å². The van der Waals surface area contributed by atoms with Crippen LogP contribution in [0, 0.1) is 5.92 Å². The summed E-state index contributed by atoms with van der Waals surface area (Å²) in [5.74, 6) is -1.20. The van der Waals surface area contributed by atoms with Gasteiger partial charge in [-0.3, -0.25) is 4.79 Å². The summed E-state index contributed by atoms with van der Waals surface area (Å²) in [6.45, 7) is 5.78. The van der Waals surface area contributed by atoms with Gasteiger partial charge in [-0.05, 0) is 52.9 Å². The van der Waals surface area contributed by atoms with E-state index in [0.717, 1.165) is 25.7 Å². The average Bonchev–Trinajstić information content (AvgIpc) is 2.97. The number of carboxylic acids is 1. The van der Waals surface area contributed by atoms with E-state index in [0.29, 0.717) is 25.8 Å². The zero-order chi connectivity index (χ0) is 18.2. The Bertz CT molecular complexity index is 439. The van der Waals surface area contributed by atoms with Crippen LogP contribution >= 0.6 is 0 Å². The lowest BCUT2D eigenvalue weighted by Gasteiger charge is -2.20. The first-order valence-corrected chi connectivity index (χ1v) is 8.69. The number of carboxylic acid groups (broad SMARTS) is 1. The molecule has 0 unspecified atom stereocenters. The molecule has 0 saturated heterocycles. The van der Waals surface area contributed by atoms with Crippen LogP contribution in [0.15, 0.2) is 0 Å². The third kappa shape index (κ3) is 8.17. The van der Waals surface area contributed by atoms with Gasteiger partial charge >= 0.3 is 12.1 Å². The van der Waals surface area contributed by atoms with Crippen LogP contribution < -0.4 is 10.6 Å². The molecule has 1 aliphatic carbocycles. The van der Waals surface area contributed by atoms with Crippen LogP contribution in [0.2, 0.25) is 0 Å². The summed E-state index contributed by atoms with van der Waals surface area (Å²) in [5.41, 5.74) is -0.539. The highest BCUT2D eigenvalue weighted by atomic mass is 16.6. The predicted octanol–water partition coefficient (Wildman–Crippen LogP) is 2.44. The minimum atomic E-state index is -1.01. The van der Waals surface area contributed by atoms with Gasteiger partial charge in [-0.15, -0.1) is 0 Å². The van der Waals surface area contributed by atoms with Crippen molar-refractivity contribution in [2.45, 2.75) is 77.4 Å². The van der Waals surface area contributed by atoms with E-state index >= 15 is 0 Å². The quantitative estimate of drug-likeness (QED) is 0.588. The van der Waals surface area contributed by atoms with Gasteiger partial charge in [-0.2, -0.15) is 0 Å². The number of hydrogen-bond donors (Lipinski definition) is 3. The fourth-order valence-corrected chi connectivity index (χ4v) is 2.71. The van der Waals surface area contributed by atoms with E-state index in [1.165, 1.54) is 0 Å². The molecule has 1 atom stereocenters. The van der Waals surface area contributed by atoms with E-state index in [1.807, 2.05) is 0 Å². The summed E-state index contributed by atoms with van der Waals surface area (Å²) in [5, 5.41) is 14.5. The smallest absolute Gasteiger partial charge is 0.407 e. The van der Waals surface area contributed by atoms with Crippen LogP contribution in [0.4, 0.5) is 4.79 Å². The van der Waals surface area contributed by atoms with Gasteiger partial charge in [0.15, 0.2) is 0 Å². The maximum atomic E-state index is 12.0. The van der Waals surface area contributed by atoms with Gasteiger partial charge in [0.05, 0.1) is 0 Å². The predicted molar refractivity (Wildman–Crippen MR) is 89.6 cm³/mol. The number of nitrogens with one attached hydrogen (secondary N) is 2. The number of rotatable bonds is 8. The molecule has 0 radical (unpaired) electrons. The molecular formula is C17H30N2O5. The second-order valence-electron chi connectivity index (χ2n) is 7.31. The molecule has 138 valence electrons. The highest BCUT2D eigenvalue weighted by Gasteiger charge is 2.27. The SMILES string of the molecule is CC(C)(C)OC(=O)NCCCC[C@H](NC(=O)C1CCCC1)C(=O)O. The number of amides is 2. The van der Waals surface area contributed by atoms with Gasteiger partial charge < -0.3 is 20.5 Å². The summed E-state index contributed by atoms with van der Waals surface area (Å²) in [6, 6.07) is -0.861. The van der Waals surface area contributed by atoms with Crippen LogP contribution in [-0.4, -0.2) is 41.3 Å². The van der Waals surface area contributed by atoms with Crippen molar-refractivity contribution in [3.63, 3.8) is 0 Å². The molecule has 0 aromatic carbocycles. The van der Waals surface area contributed by atoms with Gasteiger partial charge in [0.1, 0.15) is 11.6 Å². The first-order valence-electron chi connectivity index (χ1n) is 8.69. The largest absolute Gasteiger partial charge is 0.480 e. The fourth-order valence-electron chi connectivity index (χ4n) is 2.71. The Kier molecular flexibility index (Phi) is 8.01. The minimum absolute atomic E-state index is 0.0410. The number of alkyl carbamates (subject to hydrolysis) is 1. The number of ether oxygens (including phenoxy) is 1. The van der Waals surface area contributed by atoms with Gasteiger partial charge in [0.25, 0.3) is 0 Å². The van der Waals surface area contributed by atoms with Crippen molar-refractivity contribution in [1.29, 1.82) is 0 Å². The standard InChI is InChI=1S/C17H30N2O5/c1-17(2,3)24-16(23)18-11-7-6-10-13(15(21)22)19-14(20)12-8-4-5-9-12/h12-13H,4-11H2,1-3H3,(H,18,23)(H,19,20)(H,21,22)/t13-/m0/s1. The molecule has 7 nitrogen and oxygen atoms in total. The van der Waals surface area contributed by atoms with Crippen molar-refractivity contribution in [3.8, 4) is 0 Å². The van der Waals surface area contributed by atoms with Crippen molar-refractivity contribution in [3.05, 3.63) is 0 Å². The monoisotopic (exact) mass is 342 g/mol. The number of carbonyl (C=O) groups excluding carboxylic acids is 2. The maximum absolute atomic E-state index is 12.0. The highest BCUT2D eigenvalue weighted by Crippen LogP contribution is 2.24. The van der Waals surface area contributed by atoms with E-state index in [2.05, 4.69) is 10.6 Å². The molecule has 0 bridgehead atoms. The number of hydrogen-bond acceptors (Lipinski definition) is 4. The first kappa shape index (κ1) is 20.3. The summed E-state index contributed by atoms with van der Waals surface area (Å²) < 4.78 is 5.11. The molecular weight excluding hydrogens is 312 g/mol. The third-order valence-electron chi connectivity index (χ3n) is 3.93. The van der Waals surface area contributed by atoms with Crippen molar-refractivity contribution >= 4 is 18.0 Å². The zero-order valence-electron chi connectivity index (χ0n) is 14.9. The number of carbonyl (C=O) groups is 3. The topological polar surface area (TPSA) is 105 Å². The molecule has 0 aliphatic heterocycles. The van der Waals surface area contributed by atoms with Crippen LogP contribution in [0.5, 0.6) is 0 Å². The Balaban J connectivity index is 2.23. The van der Waals surface area contributed by atoms with Gasteiger partial charge in [-0.25, -0.2) is 9.59 Å². The average molecular weight is 342 g/mol. The maximum Gasteiger partial charge on any atom is 0.407 e. The van der Waals surface area contributed by atoms with E-state index in [9.17, 15) is 19.5 Å². The highest BCUT2D eigenvalue weighted by molar-refractivity contribution is 5.85. The summed E-state index contributed by atoms with van der Waals surface area (Å²) in [6.07, 6.45) is 4.85. The lowest BCUT2D eigenvalue weighted by Crippen LogP contribution is -2.43. The Morgan fingerprint density at radius 3 is 2.33 bits per heavy atom. The zero-order valence-corrected chi connectivity index (χ0v) is 14.9. The van der Waals surface area contributed by atoms with Crippen molar-refractivity contribution in [2.24, 2.45) is 5.92 Å². The fraction of sp³-hybridized carbons (Fsp3) is 0.824. The van der Waals surface area contributed by atoms with Gasteiger partial charge in [0.2, 0.25) is 5.91 Å². The molecule has 1 rings (SSSR count). The molecule has 0 spiro atoms. The van der Waals surface area contributed by atoms with Crippen molar-refractivity contribution in [1.82, 2.24) is 10.6 Å². The Morgan fingerprint density at radius 1 is 1.17 bits per heavy atom. The molecule has 0 aromatic rings. The van der Waals surface area contributed by atoms with E-state index in [-0.39, 0.29) is 11.8 Å². The molecule has 1 fully saturated rings. The minimum Gasteiger partial charge on any atom is -0.480 e. The van der Waals surface area contributed by atoms with E-state index in [4.69, 9.17) is 4.74 Å². The van der Waals surface area contributed by atoms with Crippen LogP contribution in [0.3, 0.4) is 0 Å². The number of unbranched alkanes of at least 4 members (excludes halogenated alkanes) is 1. The molecule has 24 heavy (non-hydrogen) atoms. The Hall–Kier alpha value is -1.79. The normalized spacial score (nSPS) is 16.5. The molecule has 1 aliphatic rings. The van der Waals surface area contributed by atoms with Crippen LogP contribution in [0.25, 0.3) is 0 Å². The second kappa shape index (κ2) is 9.49. The molecule has 3 N–H and O–H groups in total. The van der Waals surface area contributed by atoms with Gasteiger partial charge in [0, 0.05) is 12.5 Å². The summed E-state index contributed by atoms with van der Waals surface area (Å²) >= 11 is 0. The lowest BCUT2D eigenvalue weighted by atomic mass is 10.1. The number of aliphatic carboxylic acids is 1. The van der Waals surface area contributed by atoms with Crippen LogP contribution in [0.1, 0.15) is 65.7 Å². The second-order valence-corrected chi connectivity index (χ2v) is 7.31. The van der Waals surface area contributed by atoms with Crippen LogP contribution in [-0.2, 0) is 14.3 Å². The van der Waals surface area contributed by atoms with Crippen molar-refractivity contribution < 1.29 is 24.2 Å². The van der Waals surface area contributed by atoms with E-state index in [1.54, 1.807) is 20.8 Å².